The van der Waals surface area contributed by atoms with Gasteiger partial charge in [0.2, 0.25) is 0 Å². The van der Waals surface area contributed by atoms with Gasteiger partial charge in [-0.3, -0.25) is 0 Å². The van der Waals surface area contributed by atoms with Crippen LogP contribution < -0.4 is 0 Å². The first-order valence-corrected chi connectivity index (χ1v) is 8.28. The Labute approximate surface area is 129 Å². The number of imidazole rings is 1. The summed E-state index contributed by atoms with van der Waals surface area (Å²) >= 11 is 1.67. The highest BCUT2D eigenvalue weighted by atomic mass is 32.1. The van der Waals surface area contributed by atoms with Gasteiger partial charge < -0.3 is 14.2 Å². The number of hydrogen-bond donors (Lipinski definition) is 0. The maximum atomic E-state index is 5.85. The number of nitrogens with zero attached hydrogens (tertiary/aromatic N) is 4. The lowest BCUT2D eigenvalue weighted by Gasteiger charge is -2.30. The quantitative estimate of drug-likeness (QED) is 0.870. The molecule has 0 aromatic carbocycles. The molecule has 3 rings (SSSR count). The molecule has 1 aliphatic heterocycles. The van der Waals surface area contributed by atoms with Crippen LogP contribution in [0, 0.1) is 0 Å². The van der Waals surface area contributed by atoms with Crippen LogP contribution in [0.2, 0.25) is 0 Å². The predicted molar refractivity (Wildman–Crippen MR) is 84.7 cm³/mol. The molecular formula is C15H22N4OS. The van der Waals surface area contributed by atoms with Gasteiger partial charge in [0.1, 0.15) is 0 Å². The van der Waals surface area contributed by atoms with Crippen molar-refractivity contribution in [3.8, 4) is 10.8 Å². The Morgan fingerprint density at radius 2 is 2.33 bits per heavy atom. The first-order chi connectivity index (χ1) is 10.1. The molecular weight excluding hydrogens is 284 g/mol. The van der Waals surface area contributed by atoms with E-state index in [9.17, 15) is 0 Å². The first kappa shape index (κ1) is 14.7. The monoisotopic (exact) mass is 306 g/mol. The number of ether oxygens (including phenoxy) is 1. The molecule has 0 amide bonds. The van der Waals surface area contributed by atoms with Crippen LogP contribution in [0.15, 0.2) is 17.8 Å². The van der Waals surface area contributed by atoms with E-state index in [0.717, 1.165) is 42.8 Å². The van der Waals surface area contributed by atoms with Crippen LogP contribution in [0.25, 0.3) is 10.8 Å². The van der Waals surface area contributed by atoms with Gasteiger partial charge in [0.25, 0.3) is 0 Å². The molecule has 2 aromatic heterocycles. The van der Waals surface area contributed by atoms with Crippen molar-refractivity contribution in [3.63, 3.8) is 0 Å². The highest BCUT2D eigenvalue weighted by Crippen LogP contribution is 2.26. The van der Waals surface area contributed by atoms with Crippen molar-refractivity contribution in [3.05, 3.63) is 23.5 Å². The molecule has 1 fully saturated rings. The molecule has 1 atom stereocenters. The van der Waals surface area contributed by atoms with Crippen molar-refractivity contribution >= 4 is 11.3 Å². The fraction of sp³-hybridized carbons (Fsp3) is 0.600. The average molecular weight is 306 g/mol. The third-order valence-corrected chi connectivity index (χ3v) is 4.62. The Morgan fingerprint density at radius 3 is 3.05 bits per heavy atom. The van der Waals surface area contributed by atoms with E-state index in [-0.39, 0.29) is 6.10 Å². The Hall–Kier alpha value is -1.24. The topological polar surface area (TPSA) is 43.2 Å². The summed E-state index contributed by atoms with van der Waals surface area (Å²) in [6.07, 6.45) is 4.09. The van der Waals surface area contributed by atoms with E-state index >= 15 is 0 Å². The van der Waals surface area contributed by atoms with Crippen LogP contribution in [0.1, 0.15) is 25.5 Å². The summed E-state index contributed by atoms with van der Waals surface area (Å²) in [6, 6.07) is 0. The summed E-state index contributed by atoms with van der Waals surface area (Å²) in [5.74, 6) is 1.40. The molecule has 3 heterocycles. The molecule has 1 unspecified atom stereocenters. The van der Waals surface area contributed by atoms with Crippen molar-refractivity contribution < 1.29 is 4.74 Å². The number of hydrogen-bond acceptors (Lipinski definition) is 5. The summed E-state index contributed by atoms with van der Waals surface area (Å²) < 4.78 is 8.01. The third-order valence-electron chi connectivity index (χ3n) is 3.76. The molecule has 0 saturated carbocycles. The minimum absolute atomic E-state index is 0.223. The maximum absolute atomic E-state index is 5.85. The standard InChI is InChI=1S/C15H22N4OS/c1-11(2)13-10-21-15(17-13)14-16-4-5-19(14)9-12-8-18(3)6-7-20-12/h4-5,10-12H,6-9H2,1-3H3. The normalized spacial score (nSPS) is 20.3. The lowest BCUT2D eigenvalue weighted by Crippen LogP contribution is -2.41. The summed E-state index contributed by atoms with van der Waals surface area (Å²) in [5, 5.41) is 3.12. The molecule has 1 saturated heterocycles. The van der Waals surface area contributed by atoms with Crippen molar-refractivity contribution in [1.82, 2.24) is 19.4 Å². The summed E-state index contributed by atoms with van der Waals surface area (Å²) in [5.41, 5.74) is 1.14. The van der Waals surface area contributed by atoms with Gasteiger partial charge in [0.05, 0.1) is 24.9 Å². The van der Waals surface area contributed by atoms with Crippen LogP contribution in [-0.2, 0) is 11.3 Å². The number of likely N-dealkylation sites (N-methyl/N-ethyl adjacent to an activating group) is 1. The minimum atomic E-state index is 0.223. The molecule has 1 aliphatic rings. The second-order valence-corrected chi connectivity index (χ2v) is 6.75. The molecule has 0 bridgehead atoms. The van der Waals surface area contributed by atoms with E-state index in [1.54, 1.807) is 11.3 Å². The molecule has 6 heteroatoms. The van der Waals surface area contributed by atoms with Crippen molar-refractivity contribution in [2.75, 3.05) is 26.7 Å². The number of thiazole rings is 1. The zero-order chi connectivity index (χ0) is 14.8. The zero-order valence-electron chi connectivity index (χ0n) is 12.8. The van der Waals surface area contributed by atoms with Gasteiger partial charge in [0.15, 0.2) is 10.8 Å². The van der Waals surface area contributed by atoms with Crippen LogP contribution in [0.3, 0.4) is 0 Å². The molecule has 21 heavy (non-hydrogen) atoms. The van der Waals surface area contributed by atoms with E-state index in [4.69, 9.17) is 9.72 Å². The second-order valence-electron chi connectivity index (χ2n) is 5.89. The SMILES string of the molecule is CC(C)c1csc(-c2nccn2CC2CN(C)CCO2)n1. The van der Waals surface area contributed by atoms with Gasteiger partial charge in [-0.1, -0.05) is 13.8 Å². The van der Waals surface area contributed by atoms with E-state index in [0.29, 0.717) is 5.92 Å². The molecule has 0 radical (unpaired) electrons. The number of aromatic nitrogens is 3. The minimum Gasteiger partial charge on any atom is -0.374 e. The van der Waals surface area contributed by atoms with E-state index in [1.807, 2.05) is 12.4 Å². The van der Waals surface area contributed by atoms with E-state index in [2.05, 4.69) is 40.7 Å². The second kappa shape index (κ2) is 6.25. The van der Waals surface area contributed by atoms with Crippen molar-refractivity contribution in [1.29, 1.82) is 0 Å². The van der Waals surface area contributed by atoms with Gasteiger partial charge in [-0.25, -0.2) is 9.97 Å². The predicted octanol–water partition coefficient (Wildman–Crippen LogP) is 2.46. The number of morpholine rings is 1. The molecule has 0 aliphatic carbocycles. The first-order valence-electron chi connectivity index (χ1n) is 7.40. The fourth-order valence-corrected chi connectivity index (χ4v) is 3.50. The van der Waals surface area contributed by atoms with Gasteiger partial charge in [-0.05, 0) is 13.0 Å². The van der Waals surface area contributed by atoms with Crippen molar-refractivity contribution in [2.45, 2.75) is 32.4 Å². The maximum Gasteiger partial charge on any atom is 0.169 e. The van der Waals surface area contributed by atoms with Crippen molar-refractivity contribution in [2.24, 2.45) is 0 Å². The van der Waals surface area contributed by atoms with E-state index < -0.39 is 0 Å². The molecule has 0 N–H and O–H groups in total. The summed E-state index contributed by atoms with van der Waals surface area (Å²) in [6.45, 7) is 7.94. The molecule has 114 valence electrons. The summed E-state index contributed by atoms with van der Waals surface area (Å²) in [7, 11) is 2.14. The molecule has 5 nitrogen and oxygen atoms in total. The van der Waals surface area contributed by atoms with Gasteiger partial charge in [-0.15, -0.1) is 11.3 Å². The Balaban J connectivity index is 1.76. The third kappa shape index (κ3) is 3.33. The lowest BCUT2D eigenvalue weighted by atomic mass is 10.2. The van der Waals surface area contributed by atoms with Crippen LogP contribution in [0.4, 0.5) is 0 Å². The highest BCUT2D eigenvalue weighted by Gasteiger charge is 2.20. The highest BCUT2D eigenvalue weighted by molar-refractivity contribution is 7.13. The van der Waals surface area contributed by atoms with E-state index in [1.165, 1.54) is 0 Å². The fourth-order valence-electron chi connectivity index (χ4n) is 2.51. The molecule has 2 aromatic rings. The lowest BCUT2D eigenvalue weighted by molar-refractivity contribution is -0.0272. The van der Waals surface area contributed by atoms with Gasteiger partial charge in [-0.2, -0.15) is 0 Å². The average Bonchev–Trinajstić information content (AvgIpc) is 3.06. The van der Waals surface area contributed by atoms with Crippen LogP contribution in [-0.4, -0.2) is 52.3 Å². The smallest absolute Gasteiger partial charge is 0.169 e. The Bertz CT molecular complexity index is 592. The Morgan fingerprint density at radius 1 is 1.48 bits per heavy atom. The van der Waals surface area contributed by atoms with Crippen LogP contribution in [0.5, 0.6) is 0 Å². The van der Waals surface area contributed by atoms with Crippen LogP contribution >= 0.6 is 11.3 Å². The van der Waals surface area contributed by atoms with Gasteiger partial charge >= 0.3 is 0 Å². The number of rotatable bonds is 4. The summed E-state index contributed by atoms with van der Waals surface area (Å²) in [4.78, 5) is 11.5. The van der Waals surface area contributed by atoms with Gasteiger partial charge in [0, 0.05) is 30.9 Å². The largest absolute Gasteiger partial charge is 0.374 e. The Kier molecular flexibility index (Phi) is 4.37. The zero-order valence-corrected chi connectivity index (χ0v) is 13.6. The molecule has 0 spiro atoms.